The van der Waals surface area contributed by atoms with Gasteiger partial charge >= 0.3 is 6.18 Å². The van der Waals surface area contributed by atoms with Crippen molar-refractivity contribution >= 4 is 40.0 Å². The molecule has 0 bridgehead atoms. The van der Waals surface area contributed by atoms with Crippen LogP contribution < -0.4 is 30.9 Å². The van der Waals surface area contributed by atoms with Crippen LogP contribution in [0, 0.1) is 5.92 Å². The van der Waals surface area contributed by atoms with Gasteiger partial charge in [-0.1, -0.05) is 55.4 Å². The highest BCUT2D eigenvalue weighted by atomic mass is 19.4. The third kappa shape index (κ3) is 11.7. The number of carbonyl (C=O) groups is 3. The Morgan fingerprint density at radius 3 is 2.55 bits per heavy atom. The maximum atomic E-state index is 14.9. The van der Waals surface area contributed by atoms with Gasteiger partial charge in [0.05, 0.1) is 48.2 Å². The first kappa shape index (κ1) is 48.5. The lowest BCUT2D eigenvalue weighted by molar-refractivity contribution is -0.139. The SMILES string of the molecule is CC(C)[C@H]1C(=O)N[C@H](CO)Cc2ccc(OCc3ccc(CNC(=O)Cn4cc(C(=O)NCc5nc(-c6cc7c(N[C@@H]8CCN(C)C[C@@H]8F)cccc7n6CC(F)(F)F)no5)cn4)cc3)cc2N1C. The molecule has 0 spiro atoms. The monoisotopic (exact) mass is 957 g/mol. The summed E-state index contributed by atoms with van der Waals surface area (Å²) in [6.45, 7) is 3.50. The molecule has 3 aromatic carbocycles. The number of carbonyl (C=O) groups excluding carboxylic acids is 3. The van der Waals surface area contributed by atoms with Gasteiger partial charge in [-0.2, -0.15) is 23.3 Å². The lowest BCUT2D eigenvalue weighted by atomic mass is 9.95. The summed E-state index contributed by atoms with van der Waals surface area (Å²) in [6, 6.07) is 18.4. The molecule has 0 saturated carbocycles. The van der Waals surface area contributed by atoms with Crippen LogP contribution in [0.25, 0.3) is 22.4 Å². The van der Waals surface area contributed by atoms with Crippen molar-refractivity contribution in [3.8, 4) is 17.3 Å². The van der Waals surface area contributed by atoms with E-state index < -0.39 is 36.9 Å². The molecule has 5 N–H and O–H groups in total. The van der Waals surface area contributed by atoms with Crippen LogP contribution >= 0.6 is 0 Å². The number of anilines is 2. The number of rotatable bonds is 16. The zero-order valence-electron chi connectivity index (χ0n) is 38.6. The number of aliphatic hydroxyl groups is 1. The summed E-state index contributed by atoms with van der Waals surface area (Å²) in [4.78, 5) is 47.0. The zero-order valence-corrected chi connectivity index (χ0v) is 38.6. The van der Waals surface area contributed by atoms with E-state index in [0.717, 1.165) is 26.9 Å². The number of likely N-dealkylation sites (N-methyl/N-ethyl adjacent to an activating group) is 1. The van der Waals surface area contributed by atoms with E-state index in [4.69, 9.17) is 9.26 Å². The molecule has 0 aliphatic carbocycles. The standard InChI is InChI=1S/C48H55F4N11O6/c1-28(2)44-47(67)56-33(25-64)16-31-12-13-34(17-40(31)61(44)4)68-26-30-10-8-29(9-11-30)19-53-42(65)24-62-22-32(20-55-62)46(66)54-21-43-58-45(59-69-43)41-18-35-37(57-38-14-15-60(3)23-36(38)49)6-5-7-39(35)63(41)27-48(50,51)52/h5-13,17-18,20,22,28,33,36,38,44,57,64H,14-16,19,21,23-27H2,1-4H3,(H,53,65)(H,54,66)(H,56,67)/t33-,36-,38+,44-/m0/s1. The molecular formula is C48H55F4N11O6. The molecule has 3 amide bonds. The largest absolute Gasteiger partial charge is 0.489 e. The van der Waals surface area contributed by atoms with Gasteiger partial charge in [0, 0.05) is 55.7 Å². The van der Waals surface area contributed by atoms with Crippen LogP contribution in [-0.4, -0.2) is 116 Å². The van der Waals surface area contributed by atoms with E-state index >= 15 is 0 Å². The number of ether oxygens (including phenoxy) is 1. The summed E-state index contributed by atoms with van der Waals surface area (Å²) < 4.78 is 70.4. The molecule has 21 heteroatoms. The summed E-state index contributed by atoms with van der Waals surface area (Å²) in [6.07, 6.45) is -2.06. The number of nitrogens with one attached hydrogen (secondary N) is 4. The molecule has 1 saturated heterocycles. The molecule has 3 aromatic heterocycles. The van der Waals surface area contributed by atoms with Crippen molar-refractivity contribution in [3.63, 3.8) is 0 Å². The van der Waals surface area contributed by atoms with Crippen LogP contribution in [-0.2, 0) is 48.8 Å². The topological polar surface area (TPSA) is 197 Å². The molecule has 0 unspecified atom stereocenters. The number of aromatic nitrogens is 5. The molecule has 0 radical (unpaired) electrons. The quantitative estimate of drug-likeness (QED) is 0.0795. The van der Waals surface area contributed by atoms with E-state index in [9.17, 15) is 37.1 Å². The van der Waals surface area contributed by atoms with Crippen LogP contribution in [0.5, 0.6) is 5.75 Å². The van der Waals surface area contributed by atoms with Crippen LogP contribution in [0.2, 0.25) is 0 Å². The number of aliphatic hydroxyl groups excluding tert-OH is 1. The minimum Gasteiger partial charge on any atom is -0.489 e. The number of benzene rings is 3. The fraction of sp³-hybridized carbons (Fsp3) is 0.417. The minimum atomic E-state index is -4.59. The summed E-state index contributed by atoms with van der Waals surface area (Å²) >= 11 is 0. The van der Waals surface area contributed by atoms with Gasteiger partial charge in [-0.15, -0.1) is 0 Å². The van der Waals surface area contributed by atoms with Gasteiger partial charge in [0.25, 0.3) is 5.91 Å². The Bertz CT molecular complexity index is 2770. The van der Waals surface area contributed by atoms with Crippen LogP contribution in [0.15, 0.2) is 83.6 Å². The highest BCUT2D eigenvalue weighted by Crippen LogP contribution is 2.36. The Kier molecular flexibility index (Phi) is 14.5. The highest BCUT2D eigenvalue weighted by Gasteiger charge is 2.34. The first-order chi connectivity index (χ1) is 33.0. The number of fused-ring (bicyclic) bond motifs is 2. The molecule has 1 fully saturated rings. The van der Waals surface area contributed by atoms with Crippen molar-refractivity contribution in [1.82, 2.24) is 45.3 Å². The molecule has 366 valence electrons. The maximum absolute atomic E-state index is 14.9. The number of hydrogen-bond donors (Lipinski definition) is 5. The summed E-state index contributed by atoms with van der Waals surface area (Å²) in [5.74, 6) is -0.570. The Balaban J connectivity index is 0.823. The molecule has 2 aliphatic rings. The fourth-order valence-corrected chi connectivity index (χ4v) is 8.87. The van der Waals surface area contributed by atoms with Crippen molar-refractivity contribution in [2.75, 3.05) is 44.0 Å². The number of likely N-dealkylation sites (tertiary alicyclic amines) is 1. The van der Waals surface area contributed by atoms with Crippen LogP contribution in [0.4, 0.5) is 28.9 Å². The van der Waals surface area contributed by atoms with Crippen LogP contribution in [0.1, 0.15) is 53.2 Å². The van der Waals surface area contributed by atoms with Crippen molar-refractivity contribution in [3.05, 3.63) is 107 Å². The average Bonchev–Trinajstić information content (AvgIpc) is 4.07. The van der Waals surface area contributed by atoms with Gasteiger partial charge in [-0.3, -0.25) is 19.1 Å². The van der Waals surface area contributed by atoms with E-state index in [2.05, 4.69) is 36.5 Å². The van der Waals surface area contributed by atoms with Crippen LogP contribution in [0.3, 0.4) is 0 Å². The first-order valence-electron chi connectivity index (χ1n) is 22.7. The van der Waals surface area contributed by atoms with Gasteiger partial charge in [0.2, 0.25) is 23.5 Å². The predicted octanol–water partition coefficient (Wildman–Crippen LogP) is 5.22. The molecule has 69 heavy (non-hydrogen) atoms. The zero-order chi connectivity index (χ0) is 49.0. The van der Waals surface area contributed by atoms with Gasteiger partial charge in [0.1, 0.15) is 37.7 Å². The average molecular weight is 958 g/mol. The molecule has 8 rings (SSSR count). The highest BCUT2D eigenvalue weighted by molar-refractivity contribution is 5.96. The van der Waals surface area contributed by atoms with Crippen molar-refractivity contribution in [2.45, 2.75) is 89.9 Å². The third-order valence-electron chi connectivity index (χ3n) is 12.4. The second-order valence-electron chi connectivity index (χ2n) is 18.0. The number of halogens is 4. The molecule has 4 atom stereocenters. The predicted molar refractivity (Wildman–Crippen MR) is 248 cm³/mol. The normalized spacial score (nSPS) is 18.9. The van der Waals surface area contributed by atoms with Crippen molar-refractivity contribution in [2.24, 2.45) is 5.92 Å². The second kappa shape index (κ2) is 20.7. The van der Waals surface area contributed by atoms with Gasteiger partial charge < -0.3 is 50.0 Å². The second-order valence-corrected chi connectivity index (χ2v) is 18.0. The van der Waals surface area contributed by atoms with E-state index in [1.165, 1.54) is 23.1 Å². The smallest absolute Gasteiger partial charge is 0.406 e. The van der Waals surface area contributed by atoms with Gasteiger partial charge in [-0.05, 0) is 66.8 Å². The fourth-order valence-electron chi connectivity index (χ4n) is 8.87. The maximum Gasteiger partial charge on any atom is 0.406 e. The Hall–Kier alpha value is -7.00. The first-order valence-corrected chi connectivity index (χ1v) is 22.7. The van der Waals surface area contributed by atoms with E-state index in [-0.39, 0.29) is 91.7 Å². The lowest BCUT2D eigenvalue weighted by Gasteiger charge is -2.37. The van der Waals surface area contributed by atoms with Crippen molar-refractivity contribution < 1.29 is 46.3 Å². The molecular weight excluding hydrogens is 903 g/mol. The number of piperidine rings is 1. The lowest BCUT2D eigenvalue weighted by Crippen LogP contribution is -2.54. The minimum absolute atomic E-state index is 0.0271. The third-order valence-corrected chi connectivity index (χ3v) is 12.4. The molecule has 6 aromatic rings. The number of nitrogens with zero attached hydrogens (tertiary/aromatic N) is 7. The summed E-state index contributed by atoms with van der Waals surface area (Å²) in [7, 11) is 3.72. The van der Waals surface area contributed by atoms with Gasteiger partial charge in [-0.25, -0.2) is 4.39 Å². The number of hydrogen-bond acceptors (Lipinski definition) is 12. The van der Waals surface area contributed by atoms with Gasteiger partial charge in [0.15, 0.2) is 0 Å². The Morgan fingerprint density at radius 2 is 1.81 bits per heavy atom. The molecule has 2 aliphatic heterocycles. The number of alkyl halides is 4. The molecule has 5 heterocycles. The van der Waals surface area contributed by atoms with E-state index in [0.29, 0.717) is 36.2 Å². The Labute approximate surface area is 395 Å². The molecule has 17 nitrogen and oxygen atoms in total. The summed E-state index contributed by atoms with van der Waals surface area (Å²) in [5.41, 5.74) is 4.52. The van der Waals surface area contributed by atoms with Crippen molar-refractivity contribution in [1.29, 1.82) is 0 Å². The summed E-state index contributed by atoms with van der Waals surface area (Å²) in [5, 5.41) is 30.0. The Morgan fingerprint density at radius 1 is 1.03 bits per heavy atom. The number of amides is 3. The van der Waals surface area contributed by atoms with E-state index in [1.54, 1.807) is 18.2 Å². The van der Waals surface area contributed by atoms with E-state index in [1.807, 2.05) is 80.2 Å².